The van der Waals surface area contributed by atoms with Crippen molar-refractivity contribution < 1.29 is 4.74 Å². The second-order valence-electron chi connectivity index (χ2n) is 4.29. The Morgan fingerprint density at radius 1 is 1.21 bits per heavy atom. The third-order valence-corrected chi connectivity index (χ3v) is 3.75. The highest BCUT2D eigenvalue weighted by Gasteiger charge is 2.58. The lowest BCUT2D eigenvalue weighted by Crippen LogP contribution is -2.04. The van der Waals surface area contributed by atoms with E-state index < -0.39 is 0 Å². The molecule has 0 radical (unpaired) electrons. The van der Waals surface area contributed by atoms with Crippen molar-refractivity contribution in [3.05, 3.63) is 34.9 Å². The number of halogens is 1. The molecule has 1 nitrogen and oxygen atoms in total. The Balaban J connectivity index is 1.89. The van der Waals surface area contributed by atoms with E-state index in [0.717, 1.165) is 5.02 Å². The molecular weight excluding hydrogens is 196 g/mol. The van der Waals surface area contributed by atoms with Gasteiger partial charge in [-0.25, -0.2) is 0 Å². The fourth-order valence-corrected chi connectivity index (χ4v) is 2.82. The second kappa shape index (κ2) is 2.98. The lowest BCUT2D eigenvalue weighted by atomic mass is 9.98. The average molecular weight is 209 g/mol. The zero-order chi connectivity index (χ0) is 9.60. The van der Waals surface area contributed by atoms with Crippen LogP contribution < -0.4 is 0 Å². The third kappa shape index (κ3) is 1.19. The van der Waals surface area contributed by atoms with Crippen LogP contribution in [0, 0.1) is 0 Å². The third-order valence-electron chi connectivity index (χ3n) is 3.41. The standard InChI is InChI=1S/C12H13ClO/c13-10-6-2-1-5-9(10)11-12(14-11)7-3-4-8-12/h1-2,5-6,11H,3-4,7-8H2. The van der Waals surface area contributed by atoms with E-state index >= 15 is 0 Å². The molecule has 0 N–H and O–H groups in total. The molecular formula is C12H13ClO. The van der Waals surface area contributed by atoms with Gasteiger partial charge in [-0.15, -0.1) is 0 Å². The van der Waals surface area contributed by atoms with Gasteiger partial charge in [0.2, 0.25) is 0 Å². The molecule has 2 heteroatoms. The van der Waals surface area contributed by atoms with Crippen molar-refractivity contribution in [2.75, 3.05) is 0 Å². The van der Waals surface area contributed by atoms with E-state index in [9.17, 15) is 0 Å². The first-order valence-corrected chi connectivity index (χ1v) is 5.62. The van der Waals surface area contributed by atoms with Crippen molar-refractivity contribution in [2.24, 2.45) is 0 Å². The first-order chi connectivity index (χ1) is 6.82. The van der Waals surface area contributed by atoms with Crippen LogP contribution in [-0.4, -0.2) is 5.60 Å². The molecule has 1 atom stereocenters. The predicted molar refractivity (Wildman–Crippen MR) is 56.5 cm³/mol. The molecule has 0 aromatic heterocycles. The molecule has 0 bridgehead atoms. The molecule has 1 aliphatic heterocycles. The molecule has 74 valence electrons. The fourth-order valence-electron chi connectivity index (χ4n) is 2.59. The Hall–Kier alpha value is -0.530. The van der Waals surface area contributed by atoms with Gasteiger partial charge in [0.25, 0.3) is 0 Å². The smallest absolute Gasteiger partial charge is 0.114 e. The van der Waals surface area contributed by atoms with Gasteiger partial charge in [-0.05, 0) is 18.9 Å². The lowest BCUT2D eigenvalue weighted by molar-refractivity contribution is 0.297. The topological polar surface area (TPSA) is 12.5 Å². The first kappa shape index (κ1) is 8.75. The van der Waals surface area contributed by atoms with Gasteiger partial charge in [0, 0.05) is 10.6 Å². The summed E-state index contributed by atoms with van der Waals surface area (Å²) in [4.78, 5) is 0. The van der Waals surface area contributed by atoms with Gasteiger partial charge in [-0.2, -0.15) is 0 Å². The monoisotopic (exact) mass is 208 g/mol. The molecule has 2 aliphatic rings. The predicted octanol–water partition coefficient (Wildman–Crippen LogP) is 3.72. The molecule has 1 spiro atoms. The number of rotatable bonds is 1. The van der Waals surface area contributed by atoms with E-state index in [1.807, 2.05) is 18.2 Å². The van der Waals surface area contributed by atoms with Gasteiger partial charge in [0.15, 0.2) is 0 Å². The van der Waals surface area contributed by atoms with Gasteiger partial charge in [0.1, 0.15) is 6.10 Å². The largest absolute Gasteiger partial charge is 0.361 e. The summed E-state index contributed by atoms with van der Waals surface area (Å²) in [5, 5.41) is 0.848. The minimum absolute atomic E-state index is 0.172. The molecule has 1 heterocycles. The first-order valence-electron chi connectivity index (χ1n) is 5.24. The summed E-state index contributed by atoms with van der Waals surface area (Å²) in [6.07, 6.45) is 5.31. The number of epoxide rings is 1. The van der Waals surface area contributed by atoms with Gasteiger partial charge >= 0.3 is 0 Å². The van der Waals surface area contributed by atoms with Crippen molar-refractivity contribution in [1.82, 2.24) is 0 Å². The Bertz CT molecular complexity index is 355. The van der Waals surface area contributed by atoms with Gasteiger partial charge in [-0.3, -0.25) is 0 Å². The lowest BCUT2D eigenvalue weighted by Gasteiger charge is -2.03. The molecule has 0 amide bonds. The Labute approximate surface area is 89.0 Å². The summed E-state index contributed by atoms with van der Waals surface area (Å²) >= 11 is 6.14. The van der Waals surface area contributed by atoms with E-state index in [-0.39, 0.29) is 11.7 Å². The van der Waals surface area contributed by atoms with E-state index in [1.54, 1.807) is 0 Å². The number of ether oxygens (including phenoxy) is 1. The van der Waals surface area contributed by atoms with E-state index in [4.69, 9.17) is 16.3 Å². The average Bonchev–Trinajstić information content (AvgIpc) is 2.67. The van der Waals surface area contributed by atoms with Gasteiger partial charge in [0.05, 0.1) is 5.60 Å². The molecule has 1 aromatic rings. The van der Waals surface area contributed by atoms with Crippen LogP contribution in [0.2, 0.25) is 5.02 Å². The van der Waals surface area contributed by atoms with Crippen molar-refractivity contribution in [2.45, 2.75) is 37.4 Å². The highest BCUT2D eigenvalue weighted by atomic mass is 35.5. The number of hydrogen-bond donors (Lipinski definition) is 0. The SMILES string of the molecule is Clc1ccccc1C1OC12CCCC2. The summed E-state index contributed by atoms with van der Waals surface area (Å²) < 4.78 is 5.85. The van der Waals surface area contributed by atoms with Crippen LogP contribution in [0.4, 0.5) is 0 Å². The summed E-state index contributed by atoms with van der Waals surface area (Å²) in [6.45, 7) is 0. The zero-order valence-electron chi connectivity index (χ0n) is 8.00. The summed E-state index contributed by atoms with van der Waals surface area (Å²) in [5.74, 6) is 0. The highest BCUT2D eigenvalue weighted by Crippen LogP contribution is 2.59. The molecule has 1 aromatic carbocycles. The molecule has 1 unspecified atom stereocenters. The molecule has 1 aliphatic carbocycles. The molecule has 2 fully saturated rings. The van der Waals surface area contributed by atoms with Crippen LogP contribution in [0.1, 0.15) is 37.4 Å². The molecule has 1 saturated carbocycles. The van der Waals surface area contributed by atoms with E-state index in [0.29, 0.717) is 0 Å². The van der Waals surface area contributed by atoms with Crippen molar-refractivity contribution in [3.8, 4) is 0 Å². The maximum atomic E-state index is 6.14. The maximum absolute atomic E-state index is 6.14. The Kier molecular flexibility index (Phi) is 1.86. The van der Waals surface area contributed by atoms with Crippen LogP contribution in [0.15, 0.2) is 24.3 Å². The minimum atomic E-state index is 0.172. The zero-order valence-corrected chi connectivity index (χ0v) is 8.76. The second-order valence-corrected chi connectivity index (χ2v) is 4.70. The fraction of sp³-hybridized carbons (Fsp3) is 0.500. The van der Waals surface area contributed by atoms with Crippen molar-refractivity contribution in [1.29, 1.82) is 0 Å². The Morgan fingerprint density at radius 2 is 1.93 bits per heavy atom. The maximum Gasteiger partial charge on any atom is 0.114 e. The number of hydrogen-bond acceptors (Lipinski definition) is 1. The van der Waals surface area contributed by atoms with E-state index in [1.165, 1.54) is 31.2 Å². The number of benzene rings is 1. The quantitative estimate of drug-likeness (QED) is 0.641. The summed E-state index contributed by atoms with van der Waals surface area (Å²) in [6, 6.07) is 8.03. The van der Waals surface area contributed by atoms with Crippen LogP contribution in [0.3, 0.4) is 0 Å². The van der Waals surface area contributed by atoms with Crippen LogP contribution >= 0.6 is 11.6 Å². The van der Waals surface area contributed by atoms with Crippen molar-refractivity contribution in [3.63, 3.8) is 0 Å². The molecule has 14 heavy (non-hydrogen) atoms. The van der Waals surface area contributed by atoms with Crippen LogP contribution in [0.25, 0.3) is 0 Å². The van der Waals surface area contributed by atoms with Crippen molar-refractivity contribution >= 4 is 11.6 Å². The van der Waals surface area contributed by atoms with Gasteiger partial charge in [-0.1, -0.05) is 42.6 Å². The normalized spacial score (nSPS) is 28.2. The molecule has 3 rings (SSSR count). The van der Waals surface area contributed by atoms with E-state index in [2.05, 4.69) is 6.07 Å². The summed E-state index contributed by atoms with van der Waals surface area (Å²) in [7, 11) is 0. The van der Waals surface area contributed by atoms with Crippen LogP contribution in [-0.2, 0) is 4.74 Å². The van der Waals surface area contributed by atoms with Gasteiger partial charge < -0.3 is 4.74 Å². The summed E-state index contributed by atoms with van der Waals surface area (Å²) in [5.41, 5.74) is 1.35. The Morgan fingerprint density at radius 3 is 2.64 bits per heavy atom. The minimum Gasteiger partial charge on any atom is -0.361 e. The highest BCUT2D eigenvalue weighted by molar-refractivity contribution is 6.31. The molecule has 1 saturated heterocycles. The van der Waals surface area contributed by atoms with Crippen LogP contribution in [0.5, 0.6) is 0 Å².